The Hall–Kier alpha value is -3.61. The molecule has 1 heterocycles. The predicted molar refractivity (Wildman–Crippen MR) is 117 cm³/mol. The van der Waals surface area contributed by atoms with Gasteiger partial charge >= 0.3 is 5.97 Å². The zero-order chi connectivity index (χ0) is 20.8. The van der Waals surface area contributed by atoms with Gasteiger partial charge in [-0.2, -0.15) is 0 Å². The van der Waals surface area contributed by atoms with E-state index in [1.807, 2.05) is 6.07 Å². The van der Waals surface area contributed by atoms with E-state index in [1.54, 1.807) is 30.3 Å². The zero-order valence-corrected chi connectivity index (χ0v) is 16.8. The van der Waals surface area contributed by atoms with Crippen LogP contribution in [0.4, 0.5) is 28.7 Å². The Morgan fingerprint density at radius 2 is 1.62 bits per heavy atom. The molecule has 0 bridgehead atoms. The maximum atomic E-state index is 11.4. The summed E-state index contributed by atoms with van der Waals surface area (Å²) in [6, 6.07) is 14.7. The number of aromatic nitrogens is 2. The highest BCUT2D eigenvalue weighted by Crippen LogP contribution is 2.26. The molecule has 7 heteroatoms. The standard InChI is InChI=1S/C22H25N5O2/c1-4-27(5-2)16-10-11-18(15(3)12-16)25-20-13-21(24-14-23-20)26-19-9-7-6-8-17(19)22(28)29/h6-14H,4-5H2,1-3H3,(H,28,29)(H2,23,24,25,26). The van der Waals surface area contributed by atoms with Gasteiger partial charge in [0, 0.05) is 30.5 Å². The molecular formula is C22H25N5O2. The number of carboxylic acid groups (broad SMARTS) is 1. The van der Waals surface area contributed by atoms with Crippen LogP contribution in [0.1, 0.15) is 29.8 Å². The Kier molecular flexibility index (Phi) is 6.29. The van der Waals surface area contributed by atoms with Crippen LogP contribution in [0.2, 0.25) is 0 Å². The molecule has 0 saturated heterocycles. The van der Waals surface area contributed by atoms with Crippen molar-refractivity contribution in [2.45, 2.75) is 20.8 Å². The van der Waals surface area contributed by atoms with E-state index in [0.29, 0.717) is 17.3 Å². The van der Waals surface area contributed by atoms with Crippen LogP contribution in [0.25, 0.3) is 0 Å². The predicted octanol–water partition coefficient (Wildman–Crippen LogP) is 4.82. The molecule has 0 aliphatic rings. The number of para-hydroxylation sites is 1. The van der Waals surface area contributed by atoms with Crippen LogP contribution in [0, 0.1) is 6.92 Å². The van der Waals surface area contributed by atoms with E-state index in [1.165, 1.54) is 12.0 Å². The average Bonchev–Trinajstić information content (AvgIpc) is 2.71. The van der Waals surface area contributed by atoms with Crippen molar-refractivity contribution < 1.29 is 9.90 Å². The highest BCUT2D eigenvalue weighted by atomic mass is 16.4. The molecule has 2 aromatic carbocycles. The minimum Gasteiger partial charge on any atom is -0.478 e. The first-order valence-corrected chi connectivity index (χ1v) is 9.55. The Morgan fingerprint density at radius 1 is 0.966 bits per heavy atom. The first kappa shape index (κ1) is 20.1. The van der Waals surface area contributed by atoms with Crippen molar-refractivity contribution in [3.05, 3.63) is 66.0 Å². The lowest BCUT2D eigenvalue weighted by molar-refractivity contribution is 0.0698. The lowest BCUT2D eigenvalue weighted by atomic mass is 10.1. The number of nitrogens with zero attached hydrogens (tertiary/aromatic N) is 3. The van der Waals surface area contributed by atoms with Gasteiger partial charge in [-0.05, 0) is 56.7 Å². The summed E-state index contributed by atoms with van der Waals surface area (Å²) in [6.07, 6.45) is 1.44. The average molecular weight is 391 g/mol. The summed E-state index contributed by atoms with van der Waals surface area (Å²) in [5.41, 5.74) is 3.91. The maximum Gasteiger partial charge on any atom is 0.337 e. The normalized spacial score (nSPS) is 10.4. The molecule has 0 atom stereocenters. The van der Waals surface area contributed by atoms with Gasteiger partial charge in [0.15, 0.2) is 0 Å². The van der Waals surface area contributed by atoms with Gasteiger partial charge in [0.2, 0.25) is 0 Å². The summed E-state index contributed by atoms with van der Waals surface area (Å²) in [6.45, 7) is 8.26. The SMILES string of the molecule is CCN(CC)c1ccc(Nc2cc(Nc3ccccc3C(=O)O)ncn2)c(C)c1. The van der Waals surface area contributed by atoms with Crippen molar-refractivity contribution >= 4 is 34.7 Å². The fourth-order valence-corrected chi connectivity index (χ4v) is 3.12. The number of benzene rings is 2. The van der Waals surface area contributed by atoms with Gasteiger partial charge in [-0.25, -0.2) is 14.8 Å². The van der Waals surface area contributed by atoms with Gasteiger partial charge in [-0.1, -0.05) is 12.1 Å². The Labute approximate surface area is 170 Å². The van der Waals surface area contributed by atoms with Crippen molar-refractivity contribution in [2.75, 3.05) is 28.6 Å². The third-order valence-corrected chi connectivity index (χ3v) is 4.69. The van der Waals surface area contributed by atoms with Gasteiger partial charge in [0.1, 0.15) is 18.0 Å². The van der Waals surface area contributed by atoms with E-state index in [4.69, 9.17) is 0 Å². The second-order valence-electron chi connectivity index (χ2n) is 6.56. The lowest BCUT2D eigenvalue weighted by Crippen LogP contribution is -2.21. The van der Waals surface area contributed by atoms with E-state index in [2.05, 4.69) is 58.4 Å². The number of rotatable bonds is 8. The molecule has 0 fully saturated rings. The summed E-state index contributed by atoms with van der Waals surface area (Å²) in [5, 5.41) is 15.7. The highest BCUT2D eigenvalue weighted by Gasteiger charge is 2.10. The molecular weight excluding hydrogens is 366 g/mol. The smallest absolute Gasteiger partial charge is 0.337 e. The molecule has 0 spiro atoms. The fraction of sp³-hybridized carbons (Fsp3) is 0.227. The number of nitrogens with one attached hydrogen (secondary N) is 2. The van der Waals surface area contributed by atoms with Crippen LogP contribution >= 0.6 is 0 Å². The Bertz CT molecular complexity index is 1000. The third kappa shape index (κ3) is 4.82. The second kappa shape index (κ2) is 9.05. The Balaban J connectivity index is 1.80. The highest BCUT2D eigenvalue weighted by molar-refractivity contribution is 5.95. The number of hydrogen-bond acceptors (Lipinski definition) is 6. The zero-order valence-electron chi connectivity index (χ0n) is 16.8. The molecule has 3 aromatic rings. The number of hydrogen-bond donors (Lipinski definition) is 3. The summed E-state index contributed by atoms with van der Waals surface area (Å²) >= 11 is 0. The van der Waals surface area contributed by atoms with Crippen LogP contribution < -0.4 is 15.5 Å². The molecule has 0 radical (unpaired) electrons. The van der Waals surface area contributed by atoms with Crippen molar-refractivity contribution in [3.8, 4) is 0 Å². The van der Waals surface area contributed by atoms with Crippen molar-refractivity contribution in [2.24, 2.45) is 0 Å². The number of carbonyl (C=O) groups is 1. The summed E-state index contributed by atoms with van der Waals surface area (Å²) in [5.74, 6) is 0.132. The molecule has 0 amide bonds. The van der Waals surface area contributed by atoms with Gasteiger partial charge in [0.05, 0.1) is 11.3 Å². The van der Waals surface area contributed by atoms with Crippen LogP contribution in [0.5, 0.6) is 0 Å². The molecule has 0 aliphatic heterocycles. The summed E-state index contributed by atoms with van der Waals surface area (Å²) < 4.78 is 0. The first-order chi connectivity index (χ1) is 14.0. The van der Waals surface area contributed by atoms with Gasteiger partial charge in [-0.3, -0.25) is 0 Å². The van der Waals surface area contributed by atoms with Gasteiger partial charge in [-0.15, -0.1) is 0 Å². The molecule has 150 valence electrons. The van der Waals surface area contributed by atoms with Crippen LogP contribution in [-0.4, -0.2) is 34.1 Å². The monoisotopic (exact) mass is 391 g/mol. The first-order valence-electron chi connectivity index (χ1n) is 9.55. The van der Waals surface area contributed by atoms with E-state index in [-0.39, 0.29) is 5.56 Å². The number of carboxylic acids is 1. The molecule has 1 aromatic heterocycles. The van der Waals surface area contributed by atoms with Crippen LogP contribution in [-0.2, 0) is 0 Å². The molecule has 3 N–H and O–H groups in total. The van der Waals surface area contributed by atoms with Crippen molar-refractivity contribution in [3.63, 3.8) is 0 Å². The maximum absolute atomic E-state index is 11.4. The third-order valence-electron chi connectivity index (χ3n) is 4.69. The van der Waals surface area contributed by atoms with Crippen molar-refractivity contribution in [1.82, 2.24) is 9.97 Å². The second-order valence-corrected chi connectivity index (χ2v) is 6.56. The largest absolute Gasteiger partial charge is 0.478 e. The van der Waals surface area contributed by atoms with Crippen LogP contribution in [0.15, 0.2) is 54.9 Å². The van der Waals surface area contributed by atoms with Crippen molar-refractivity contribution in [1.29, 1.82) is 0 Å². The molecule has 0 unspecified atom stereocenters. The molecule has 7 nitrogen and oxygen atoms in total. The Morgan fingerprint density at radius 3 is 2.24 bits per heavy atom. The number of aromatic carboxylic acids is 1. The van der Waals surface area contributed by atoms with E-state index in [9.17, 15) is 9.90 Å². The molecule has 0 saturated carbocycles. The topological polar surface area (TPSA) is 90.4 Å². The minimum absolute atomic E-state index is 0.184. The van der Waals surface area contributed by atoms with E-state index >= 15 is 0 Å². The molecule has 0 aliphatic carbocycles. The summed E-state index contributed by atoms with van der Waals surface area (Å²) in [4.78, 5) is 22.2. The van der Waals surface area contributed by atoms with Gasteiger partial charge in [0.25, 0.3) is 0 Å². The van der Waals surface area contributed by atoms with E-state index in [0.717, 1.165) is 24.3 Å². The van der Waals surface area contributed by atoms with E-state index < -0.39 is 5.97 Å². The quantitative estimate of drug-likeness (QED) is 0.507. The molecule has 3 rings (SSSR count). The van der Waals surface area contributed by atoms with Gasteiger partial charge < -0.3 is 20.6 Å². The van der Waals surface area contributed by atoms with Crippen LogP contribution in [0.3, 0.4) is 0 Å². The molecule has 29 heavy (non-hydrogen) atoms. The minimum atomic E-state index is -0.996. The fourth-order valence-electron chi connectivity index (χ4n) is 3.12. The number of aryl methyl sites for hydroxylation is 1. The number of anilines is 5. The summed E-state index contributed by atoms with van der Waals surface area (Å²) in [7, 11) is 0. The lowest BCUT2D eigenvalue weighted by Gasteiger charge is -2.22.